The van der Waals surface area contributed by atoms with Crippen molar-refractivity contribution >= 4 is 21.6 Å². The van der Waals surface area contributed by atoms with Crippen LogP contribution in [0.5, 0.6) is 0 Å². The Balaban J connectivity index is 1.87. The minimum Gasteiger partial charge on any atom is -0.381 e. The molecule has 3 rings (SSSR count). The number of rotatable bonds is 8. The average Bonchev–Trinajstić information content (AvgIpc) is 2.75. The molecule has 1 aliphatic rings. The molecule has 1 heterocycles. The summed E-state index contributed by atoms with van der Waals surface area (Å²) in [6.45, 7) is 7.41. The fourth-order valence-corrected chi connectivity index (χ4v) is 5.83. The molecule has 174 valence electrons. The van der Waals surface area contributed by atoms with Gasteiger partial charge in [0, 0.05) is 25.2 Å². The van der Waals surface area contributed by atoms with Crippen LogP contribution in [0, 0.1) is 13.8 Å². The Bertz CT molecular complexity index is 1010. The molecule has 0 aromatic heterocycles. The lowest BCUT2D eigenvalue weighted by atomic mass is 9.74. The van der Waals surface area contributed by atoms with E-state index in [1.807, 2.05) is 57.2 Å². The first-order valence-corrected chi connectivity index (χ1v) is 13.0. The maximum atomic E-state index is 13.4. The van der Waals surface area contributed by atoms with Crippen molar-refractivity contribution in [2.24, 2.45) is 0 Å². The molecule has 2 aromatic rings. The number of anilines is 1. The number of nitrogens with one attached hydrogen (secondary N) is 1. The van der Waals surface area contributed by atoms with Crippen LogP contribution in [-0.4, -0.2) is 46.4 Å². The zero-order valence-electron chi connectivity index (χ0n) is 19.4. The van der Waals surface area contributed by atoms with Gasteiger partial charge in [0.2, 0.25) is 15.9 Å². The summed E-state index contributed by atoms with van der Waals surface area (Å²) >= 11 is 0. The Labute approximate surface area is 192 Å². The normalized spacial score (nSPS) is 16.9. The Hall–Kier alpha value is -2.38. The fraction of sp³-hybridized carbons (Fsp3) is 0.480. The number of hydrogen-bond acceptors (Lipinski definition) is 4. The van der Waals surface area contributed by atoms with Crippen LogP contribution in [0.25, 0.3) is 0 Å². The number of amides is 1. The van der Waals surface area contributed by atoms with Crippen LogP contribution in [0.15, 0.2) is 48.5 Å². The highest BCUT2D eigenvalue weighted by atomic mass is 32.2. The van der Waals surface area contributed by atoms with E-state index in [9.17, 15) is 13.2 Å². The van der Waals surface area contributed by atoms with Crippen molar-refractivity contribution < 1.29 is 17.9 Å². The third kappa shape index (κ3) is 5.51. The molecule has 1 amide bonds. The average molecular weight is 459 g/mol. The van der Waals surface area contributed by atoms with Gasteiger partial charge >= 0.3 is 0 Å². The molecule has 1 fully saturated rings. The number of hydrogen-bond donors (Lipinski definition) is 1. The van der Waals surface area contributed by atoms with Gasteiger partial charge in [-0.25, -0.2) is 8.42 Å². The molecule has 0 saturated carbocycles. The van der Waals surface area contributed by atoms with Gasteiger partial charge in [-0.15, -0.1) is 0 Å². The highest BCUT2D eigenvalue weighted by molar-refractivity contribution is 7.92. The molecule has 7 heteroatoms. The van der Waals surface area contributed by atoms with Gasteiger partial charge in [-0.1, -0.05) is 43.3 Å². The van der Waals surface area contributed by atoms with E-state index in [1.165, 1.54) is 9.87 Å². The first kappa shape index (κ1) is 24.3. The number of sulfonamides is 1. The highest BCUT2D eigenvalue weighted by Crippen LogP contribution is 2.34. The lowest BCUT2D eigenvalue weighted by Crippen LogP contribution is -2.52. The molecule has 0 bridgehead atoms. The molecule has 0 spiro atoms. The predicted octanol–water partition coefficient (Wildman–Crippen LogP) is 3.71. The first-order valence-electron chi connectivity index (χ1n) is 11.1. The number of nitrogens with zero attached hydrogens (tertiary/aromatic N) is 1. The van der Waals surface area contributed by atoms with Gasteiger partial charge in [-0.2, -0.15) is 0 Å². The molecule has 1 aliphatic heterocycles. The van der Waals surface area contributed by atoms with Gasteiger partial charge in [0.1, 0.15) is 6.04 Å². The SMILES string of the molecule is CCC(C(=O)NCC1(c2ccccc2)CCOCC1)N(c1cc(C)cc(C)c1)S(C)(=O)=O. The van der Waals surface area contributed by atoms with E-state index in [4.69, 9.17) is 4.74 Å². The maximum Gasteiger partial charge on any atom is 0.243 e. The third-order valence-electron chi connectivity index (χ3n) is 6.23. The van der Waals surface area contributed by atoms with E-state index in [0.29, 0.717) is 31.9 Å². The maximum absolute atomic E-state index is 13.4. The smallest absolute Gasteiger partial charge is 0.243 e. The van der Waals surface area contributed by atoms with E-state index in [0.717, 1.165) is 30.2 Å². The number of carbonyl (C=O) groups excluding carboxylic acids is 1. The van der Waals surface area contributed by atoms with E-state index in [2.05, 4.69) is 17.4 Å². The van der Waals surface area contributed by atoms with Crippen molar-refractivity contribution in [2.75, 3.05) is 30.3 Å². The van der Waals surface area contributed by atoms with Gasteiger partial charge in [-0.3, -0.25) is 9.10 Å². The minimum absolute atomic E-state index is 0.219. The molecule has 1 atom stereocenters. The monoisotopic (exact) mass is 458 g/mol. The highest BCUT2D eigenvalue weighted by Gasteiger charge is 2.37. The van der Waals surface area contributed by atoms with Crippen LogP contribution in [0.2, 0.25) is 0 Å². The van der Waals surface area contributed by atoms with Crippen molar-refractivity contribution in [1.29, 1.82) is 0 Å². The second-order valence-electron chi connectivity index (χ2n) is 8.81. The van der Waals surface area contributed by atoms with Crippen molar-refractivity contribution in [3.63, 3.8) is 0 Å². The van der Waals surface area contributed by atoms with Crippen LogP contribution in [0.3, 0.4) is 0 Å². The molecule has 6 nitrogen and oxygen atoms in total. The zero-order valence-corrected chi connectivity index (χ0v) is 20.2. The van der Waals surface area contributed by atoms with Gasteiger partial charge in [-0.05, 0) is 61.9 Å². The fourth-order valence-electron chi connectivity index (χ4n) is 4.63. The van der Waals surface area contributed by atoms with Crippen LogP contribution >= 0.6 is 0 Å². The molecule has 32 heavy (non-hydrogen) atoms. The van der Waals surface area contributed by atoms with Crippen molar-refractivity contribution in [3.8, 4) is 0 Å². The van der Waals surface area contributed by atoms with E-state index < -0.39 is 16.1 Å². The zero-order chi connectivity index (χ0) is 23.4. The molecular formula is C25H34N2O4S. The van der Waals surface area contributed by atoms with Crippen molar-refractivity contribution in [1.82, 2.24) is 5.32 Å². The third-order valence-corrected chi connectivity index (χ3v) is 7.41. The van der Waals surface area contributed by atoms with E-state index in [-0.39, 0.29) is 11.3 Å². The van der Waals surface area contributed by atoms with Gasteiger partial charge < -0.3 is 10.1 Å². The molecular weight excluding hydrogens is 424 g/mol. The van der Waals surface area contributed by atoms with Gasteiger partial charge in [0.05, 0.1) is 11.9 Å². The quantitative estimate of drug-likeness (QED) is 0.654. The number of ether oxygens (including phenoxy) is 1. The number of aryl methyl sites for hydroxylation is 2. The van der Waals surface area contributed by atoms with Gasteiger partial charge in [0.25, 0.3) is 0 Å². The predicted molar refractivity (Wildman–Crippen MR) is 129 cm³/mol. The van der Waals surface area contributed by atoms with Crippen molar-refractivity contribution in [3.05, 3.63) is 65.2 Å². The van der Waals surface area contributed by atoms with Crippen molar-refractivity contribution in [2.45, 2.75) is 51.5 Å². The van der Waals surface area contributed by atoms with E-state index >= 15 is 0 Å². The lowest BCUT2D eigenvalue weighted by molar-refractivity contribution is -0.122. The first-order chi connectivity index (χ1) is 15.2. The van der Waals surface area contributed by atoms with E-state index in [1.54, 1.807) is 0 Å². The van der Waals surface area contributed by atoms with Crippen LogP contribution in [-0.2, 0) is 25.0 Å². The molecule has 2 aromatic carbocycles. The number of benzene rings is 2. The summed E-state index contributed by atoms with van der Waals surface area (Å²) in [4.78, 5) is 13.4. The minimum atomic E-state index is -3.67. The summed E-state index contributed by atoms with van der Waals surface area (Å²) in [5, 5.41) is 3.09. The van der Waals surface area contributed by atoms with Crippen LogP contribution in [0.1, 0.15) is 42.9 Å². The molecule has 1 saturated heterocycles. The summed E-state index contributed by atoms with van der Waals surface area (Å²) in [6.07, 6.45) is 3.14. The Kier molecular flexibility index (Phi) is 7.62. The molecule has 1 unspecified atom stereocenters. The summed E-state index contributed by atoms with van der Waals surface area (Å²) in [7, 11) is -3.67. The topological polar surface area (TPSA) is 75.7 Å². The second kappa shape index (κ2) is 10.0. The Morgan fingerprint density at radius 2 is 1.69 bits per heavy atom. The molecule has 0 aliphatic carbocycles. The second-order valence-corrected chi connectivity index (χ2v) is 10.7. The summed E-state index contributed by atoms with van der Waals surface area (Å²) in [5.74, 6) is -0.279. The largest absolute Gasteiger partial charge is 0.381 e. The molecule has 0 radical (unpaired) electrons. The lowest BCUT2D eigenvalue weighted by Gasteiger charge is -2.39. The number of carbonyl (C=O) groups is 1. The Morgan fingerprint density at radius 1 is 1.09 bits per heavy atom. The summed E-state index contributed by atoms with van der Waals surface area (Å²) in [6, 6.07) is 15.0. The standard InChI is InChI=1S/C25H34N2O4S/c1-5-23(27(32(4,29)30)22-16-19(2)15-20(3)17-22)24(28)26-18-25(11-13-31-14-12-25)21-9-7-6-8-10-21/h6-10,15-17,23H,5,11-14,18H2,1-4H3,(H,26,28). The summed E-state index contributed by atoms with van der Waals surface area (Å²) < 4.78 is 32.4. The van der Waals surface area contributed by atoms with Crippen LogP contribution in [0.4, 0.5) is 5.69 Å². The summed E-state index contributed by atoms with van der Waals surface area (Å²) in [5.41, 5.74) is 3.38. The Morgan fingerprint density at radius 3 is 2.22 bits per heavy atom. The van der Waals surface area contributed by atoms with Gasteiger partial charge in [0.15, 0.2) is 0 Å². The van der Waals surface area contributed by atoms with Crippen LogP contribution < -0.4 is 9.62 Å². The molecule has 1 N–H and O–H groups in total.